The summed E-state index contributed by atoms with van der Waals surface area (Å²) in [4.78, 5) is 32.0. The lowest BCUT2D eigenvalue weighted by Crippen LogP contribution is -2.49. The van der Waals surface area contributed by atoms with Crippen LogP contribution >= 0.6 is 22.7 Å². The Morgan fingerprint density at radius 1 is 0.964 bits per heavy atom. The maximum Gasteiger partial charge on any atom is 0.265 e. The van der Waals surface area contributed by atoms with Gasteiger partial charge in [0.2, 0.25) is 0 Å². The highest BCUT2D eigenvalue weighted by Crippen LogP contribution is 2.29. The molecule has 0 unspecified atom stereocenters. The average Bonchev–Trinajstić information content (AvgIpc) is 3.43. The van der Waals surface area contributed by atoms with Gasteiger partial charge in [-0.15, -0.1) is 22.7 Å². The second kappa shape index (κ2) is 7.29. The summed E-state index contributed by atoms with van der Waals surface area (Å²) in [6.45, 7) is 2.87. The predicted octanol–water partition coefficient (Wildman–Crippen LogP) is 3.78. The summed E-state index contributed by atoms with van der Waals surface area (Å²) in [5.74, 6) is 1.02. The van der Waals surface area contributed by atoms with Crippen LogP contribution in [0.2, 0.25) is 0 Å². The standard InChI is InChI=1S/C20H17N5OS2/c26-20(16-12-21-18(28-16)14-4-2-1-3-5-14)25-9-7-24(8-10-25)17-15-6-11-27-19(15)23-13-22-17/h1-6,11-13H,7-10H2. The highest BCUT2D eigenvalue weighted by Gasteiger charge is 2.25. The Morgan fingerprint density at radius 2 is 1.79 bits per heavy atom. The Labute approximate surface area is 170 Å². The van der Waals surface area contributed by atoms with Crippen molar-refractivity contribution in [2.24, 2.45) is 0 Å². The molecule has 1 amide bonds. The van der Waals surface area contributed by atoms with Crippen molar-refractivity contribution in [2.75, 3.05) is 31.1 Å². The number of piperazine rings is 1. The van der Waals surface area contributed by atoms with Crippen LogP contribution in [0.15, 0.2) is 54.3 Å². The SMILES string of the molecule is O=C(c1cnc(-c2ccccc2)s1)N1CCN(c2ncnc3sccc23)CC1. The van der Waals surface area contributed by atoms with Crippen molar-refractivity contribution in [3.05, 3.63) is 59.2 Å². The molecule has 4 heterocycles. The van der Waals surface area contributed by atoms with E-state index in [1.165, 1.54) is 11.3 Å². The first-order valence-corrected chi connectivity index (χ1v) is 10.7. The number of carbonyl (C=O) groups is 1. The van der Waals surface area contributed by atoms with Crippen LogP contribution in [0.1, 0.15) is 9.67 Å². The van der Waals surface area contributed by atoms with E-state index in [9.17, 15) is 4.79 Å². The van der Waals surface area contributed by atoms with Gasteiger partial charge in [-0.3, -0.25) is 4.79 Å². The van der Waals surface area contributed by atoms with Crippen molar-refractivity contribution in [1.29, 1.82) is 0 Å². The molecule has 0 bridgehead atoms. The van der Waals surface area contributed by atoms with Crippen molar-refractivity contribution in [2.45, 2.75) is 0 Å². The highest BCUT2D eigenvalue weighted by atomic mass is 32.1. The number of amides is 1. The molecule has 1 aliphatic heterocycles. The van der Waals surface area contributed by atoms with Crippen LogP contribution in [0.25, 0.3) is 20.8 Å². The van der Waals surface area contributed by atoms with Crippen LogP contribution in [0.4, 0.5) is 5.82 Å². The van der Waals surface area contributed by atoms with E-state index in [0.717, 1.165) is 39.7 Å². The number of carbonyl (C=O) groups excluding carboxylic acids is 1. The molecular weight excluding hydrogens is 390 g/mol. The molecule has 4 aromatic rings. The topological polar surface area (TPSA) is 62.2 Å². The third kappa shape index (κ3) is 3.14. The first-order valence-electron chi connectivity index (χ1n) is 9.03. The van der Waals surface area contributed by atoms with E-state index >= 15 is 0 Å². The second-order valence-electron chi connectivity index (χ2n) is 6.51. The first-order chi connectivity index (χ1) is 13.8. The summed E-state index contributed by atoms with van der Waals surface area (Å²) in [5, 5.41) is 4.00. The van der Waals surface area contributed by atoms with Gasteiger partial charge in [0.25, 0.3) is 5.91 Å². The smallest absolute Gasteiger partial charge is 0.265 e. The third-order valence-electron chi connectivity index (χ3n) is 4.84. The molecule has 5 rings (SSSR count). The fourth-order valence-electron chi connectivity index (χ4n) is 3.39. The van der Waals surface area contributed by atoms with Gasteiger partial charge in [-0.1, -0.05) is 30.3 Å². The van der Waals surface area contributed by atoms with Crippen LogP contribution < -0.4 is 4.90 Å². The molecule has 28 heavy (non-hydrogen) atoms. The maximum absolute atomic E-state index is 12.9. The summed E-state index contributed by atoms with van der Waals surface area (Å²) in [5.41, 5.74) is 1.04. The van der Waals surface area contributed by atoms with E-state index in [0.29, 0.717) is 18.0 Å². The Morgan fingerprint density at radius 3 is 2.61 bits per heavy atom. The van der Waals surface area contributed by atoms with Crippen molar-refractivity contribution < 1.29 is 4.79 Å². The van der Waals surface area contributed by atoms with E-state index in [4.69, 9.17) is 0 Å². The molecule has 0 saturated carbocycles. The number of nitrogens with zero attached hydrogens (tertiary/aromatic N) is 5. The molecule has 0 aliphatic carbocycles. The van der Waals surface area contributed by atoms with Gasteiger partial charge >= 0.3 is 0 Å². The van der Waals surface area contributed by atoms with E-state index in [-0.39, 0.29) is 5.91 Å². The molecule has 0 radical (unpaired) electrons. The summed E-state index contributed by atoms with van der Waals surface area (Å²) < 4.78 is 0. The number of fused-ring (bicyclic) bond motifs is 1. The minimum atomic E-state index is 0.0581. The Hall–Kier alpha value is -2.84. The molecule has 1 saturated heterocycles. The third-order valence-corrected chi connectivity index (χ3v) is 6.70. The molecule has 8 heteroatoms. The Bertz CT molecular complexity index is 1120. The largest absolute Gasteiger partial charge is 0.352 e. The van der Waals surface area contributed by atoms with Gasteiger partial charge in [0.15, 0.2) is 0 Å². The number of thiophene rings is 1. The van der Waals surface area contributed by atoms with Crippen molar-refractivity contribution in [1.82, 2.24) is 19.9 Å². The molecule has 0 N–H and O–H groups in total. The normalized spacial score (nSPS) is 14.6. The number of hydrogen-bond acceptors (Lipinski definition) is 7. The van der Waals surface area contributed by atoms with Crippen LogP contribution in [0.3, 0.4) is 0 Å². The zero-order valence-corrected chi connectivity index (χ0v) is 16.6. The molecule has 1 aliphatic rings. The molecule has 3 aromatic heterocycles. The molecule has 6 nitrogen and oxygen atoms in total. The number of anilines is 1. The number of hydrogen-bond donors (Lipinski definition) is 0. The van der Waals surface area contributed by atoms with E-state index in [1.54, 1.807) is 23.9 Å². The van der Waals surface area contributed by atoms with Gasteiger partial charge in [-0.25, -0.2) is 15.0 Å². The fraction of sp³-hybridized carbons (Fsp3) is 0.200. The maximum atomic E-state index is 12.9. The monoisotopic (exact) mass is 407 g/mol. The highest BCUT2D eigenvalue weighted by molar-refractivity contribution is 7.17. The minimum absolute atomic E-state index is 0.0581. The summed E-state index contributed by atoms with van der Waals surface area (Å²) in [6.07, 6.45) is 3.31. The molecule has 0 atom stereocenters. The van der Waals surface area contributed by atoms with Crippen molar-refractivity contribution in [3.8, 4) is 10.6 Å². The quantitative estimate of drug-likeness (QED) is 0.517. The number of thiazole rings is 1. The minimum Gasteiger partial charge on any atom is -0.352 e. The zero-order valence-electron chi connectivity index (χ0n) is 15.0. The van der Waals surface area contributed by atoms with Crippen molar-refractivity contribution in [3.63, 3.8) is 0 Å². The van der Waals surface area contributed by atoms with Crippen LogP contribution in [0, 0.1) is 0 Å². The second-order valence-corrected chi connectivity index (χ2v) is 8.44. The lowest BCUT2D eigenvalue weighted by molar-refractivity contribution is 0.0751. The predicted molar refractivity (Wildman–Crippen MR) is 113 cm³/mol. The van der Waals surface area contributed by atoms with Gasteiger partial charge < -0.3 is 9.80 Å². The number of rotatable bonds is 3. The molecule has 1 aromatic carbocycles. The lowest BCUT2D eigenvalue weighted by Gasteiger charge is -2.35. The van der Waals surface area contributed by atoms with Gasteiger partial charge in [-0.05, 0) is 11.4 Å². The summed E-state index contributed by atoms with van der Waals surface area (Å²) in [6, 6.07) is 12.0. The first kappa shape index (κ1) is 17.3. The molecule has 0 spiro atoms. The van der Waals surface area contributed by atoms with Gasteiger partial charge in [0.1, 0.15) is 26.9 Å². The van der Waals surface area contributed by atoms with E-state index in [2.05, 4.69) is 25.9 Å². The summed E-state index contributed by atoms with van der Waals surface area (Å²) in [7, 11) is 0. The fourth-order valence-corrected chi connectivity index (χ4v) is 5.01. The number of benzene rings is 1. The van der Waals surface area contributed by atoms with Crippen molar-refractivity contribution >= 4 is 44.6 Å². The van der Waals surface area contributed by atoms with Crippen LogP contribution in [0.5, 0.6) is 0 Å². The van der Waals surface area contributed by atoms with Gasteiger partial charge in [0, 0.05) is 31.7 Å². The van der Waals surface area contributed by atoms with Gasteiger partial charge in [0.05, 0.1) is 11.6 Å². The van der Waals surface area contributed by atoms with Crippen LogP contribution in [-0.2, 0) is 0 Å². The van der Waals surface area contributed by atoms with E-state index in [1.807, 2.05) is 40.6 Å². The van der Waals surface area contributed by atoms with E-state index < -0.39 is 0 Å². The lowest BCUT2D eigenvalue weighted by atomic mass is 10.2. The number of aromatic nitrogens is 3. The Balaban J connectivity index is 1.29. The zero-order chi connectivity index (χ0) is 18.9. The summed E-state index contributed by atoms with van der Waals surface area (Å²) >= 11 is 3.07. The average molecular weight is 408 g/mol. The molecule has 1 fully saturated rings. The molecule has 140 valence electrons. The molecular formula is C20H17N5OS2. The van der Waals surface area contributed by atoms with Crippen LogP contribution in [-0.4, -0.2) is 51.9 Å². The Kier molecular flexibility index (Phi) is 4.50. The van der Waals surface area contributed by atoms with Gasteiger partial charge in [-0.2, -0.15) is 0 Å².